The Morgan fingerprint density at radius 1 is 1.19 bits per heavy atom. The number of terminal acetylenes is 1. The van der Waals surface area contributed by atoms with Gasteiger partial charge in [-0.05, 0) is 36.4 Å². The number of amides is 1. The Morgan fingerprint density at radius 3 is 2.71 bits per heavy atom. The Kier molecular flexibility index (Phi) is 4.96. The van der Waals surface area contributed by atoms with Crippen LogP contribution in [0, 0.1) is 24.0 Å². The minimum Gasteiger partial charge on any atom is -0.325 e. The molecule has 0 aliphatic rings. The lowest BCUT2D eigenvalue weighted by atomic mass is 10.2. The van der Waals surface area contributed by atoms with Gasteiger partial charge in [0.1, 0.15) is 0 Å². The van der Waals surface area contributed by atoms with Crippen molar-refractivity contribution < 1.29 is 13.6 Å². The van der Waals surface area contributed by atoms with Crippen molar-refractivity contribution in [3.8, 4) is 12.3 Å². The van der Waals surface area contributed by atoms with Crippen LogP contribution in [-0.2, 0) is 4.79 Å². The van der Waals surface area contributed by atoms with E-state index in [9.17, 15) is 13.6 Å². The average molecular weight is 303 g/mol. The molecule has 1 amide bonds. The molecule has 0 fully saturated rings. The SMILES string of the molecule is C#Cc1cccc(NC(=O)CSc2ccc(F)c(F)c2)c1. The fourth-order valence-electron chi connectivity index (χ4n) is 1.60. The van der Waals surface area contributed by atoms with Gasteiger partial charge in [0.15, 0.2) is 11.6 Å². The van der Waals surface area contributed by atoms with Crippen molar-refractivity contribution in [3.05, 3.63) is 59.7 Å². The van der Waals surface area contributed by atoms with Gasteiger partial charge in [-0.1, -0.05) is 12.0 Å². The smallest absolute Gasteiger partial charge is 0.234 e. The summed E-state index contributed by atoms with van der Waals surface area (Å²) in [7, 11) is 0. The van der Waals surface area contributed by atoms with Crippen LogP contribution >= 0.6 is 11.8 Å². The number of anilines is 1. The zero-order valence-corrected chi connectivity index (χ0v) is 11.7. The van der Waals surface area contributed by atoms with Crippen molar-refractivity contribution in [3.63, 3.8) is 0 Å². The first-order valence-corrected chi connectivity index (χ1v) is 7.01. The summed E-state index contributed by atoms with van der Waals surface area (Å²) in [4.78, 5) is 12.3. The maximum Gasteiger partial charge on any atom is 0.234 e. The van der Waals surface area contributed by atoms with E-state index in [0.29, 0.717) is 16.1 Å². The molecule has 0 saturated heterocycles. The predicted octanol–water partition coefficient (Wildman–Crippen LogP) is 3.68. The summed E-state index contributed by atoms with van der Waals surface area (Å²) in [6.07, 6.45) is 5.28. The molecule has 106 valence electrons. The van der Waals surface area contributed by atoms with E-state index in [2.05, 4.69) is 11.2 Å². The summed E-state index contributed by atoms with van der Waals surface area (Å²) in [6, 6.07) is 10.4. The van der Waals surface area contributed by atoms with Gasteiger partial charge < -0.3 is 5.32 Å². The minimum atomic E-state index is -0.929. The number of carbonyl (C=O) groups excluding carboxylic acids is 1. The molecule has 0 radical (unpaired) electrons. The summed E-state index contributed by atoms with van der Waals surface area (Å²) in [5.41, 5.74) is 1.27. The van der Waals surface area contributed by atoms with E-state index in [1.807, 2.05) is 0 Å². The van der Waals surface area contributed by atoms with E-state index < -0.39 is 11.6 Å². The van der Waals surface area contributed by atoms with Crippen LogP contribution in [0.2, 0.25) is 0 Å². The molecule has 1 N–H and O–H groups in total. The second-order valence-electron chi connectivity index (χ2n) is 4.14. The van der Waals surface area contributed by atoms with Gasteiger partial charge in [0, 0.05) is 16.1 Å². The molecule has 21 heavy (non-hydrogen) atoms. The van der Waals surface area contributed by atoms with Crippen LogP contribution in [0.4, 0.5) is 14.5 Å². The number of benzene rings is 2. The summed E-state index contributed by atoms with van der Waals surface area (Å²) < 4.78 is 25.8. The molecule has 2 aromatic carbocycles. The third-order valence-corrected chi connectivity index (χ3v) is 3.57. The normalized spacial score (nSPS) is 9.95. The van der Waals surface area contributed by atoms with Gasteiger partial charge in [-0.25, -0.2) is 8.78 Å². The van der Waals surface area contributed by atoms with Gasteiger partial charge in [-0.2, -0.15) is 0 Å². The number of nitrogens with one attached hydrogen (secondary N) is 1. The maximum absolute atomic E-state index is 13.0. The number of carbonyl (C=O) groups is 1. The summed E-state index contributed by atoms with van der Waals surface area (Å²) in [5, 5.41) is 2.69. The topological polar surface area (TPSA) is 29.1 Å². The molecule has 0 bridgehead atoms. The van der Waals surface area contributed by atoms with Crippen molar-refractivity contribution in [2.75, 3.05) is 11.1 Å². The largest absolute Gasteiger partial charge is 0.325 e. The first-order chi connectivity index (χ1) is 10.1. The lowest BCUT2D eigenvalue weighted by Crippen LogP contribution is -2.14. The van der Waals surface area contributed by atoms with Crippen molar-refractivity contribution in [2.24, 2.45) is 0 Å². The van der Waals surface area contributed by atoms with Gasteiger partial charge in [0.2, 0.25) is 5.91 Å². The second-order valence-corrected chi connectivity index (χ2v) is 5.19. The molecule has 0 saturated carbocycles. The molecular formula is C16H11F2NOS. The highest BCUT2D eigenvalue weighted by atomic mass is 32.2. The molecular weight excluding hydrogens is 292 g/mol. The molecule has 0 aliphatic carbocycles. The molecule has 0 aliphatic heterocycles. The number of hydrogen-bond acceptors (Lipinski definition) is 2. The Hall–Kier alpha value is -2.32. The lowest BCUT2D eigenvalue weighted by Gasteiger charge is -2.06. The minimum absolute atomic E-state index is 0.0886. The Labute approximate surface area is 125 Å². The standard InChI is InChI=1S/C16H11F2NOS/c1-2-11-4-3-5-12(8-11)19-16(20)10-21-13-6-7-14(17)15(18)9-13/h1,3-9H,10H2,(H,19,20). The molecule has 2 rings (SSSR count). The van der Waals surface area contributed by atoms with Crippen LogP contribution in [0.3, 0.4) is 0 Å². The molecule has 0 atom stereocenters. The molecule has 2 nitrogen and oxygen atoms in total. The number of rotatable bonds is 4. The van der Waals surface area contributed by atoms with E-state index in [1.54, 1.807) is 24.3 Å². The maximum atomic E-state index is 13.0. The highest BCUT2D eigenvalue weighted by Gasteiger charge is 2.07. The monoisotopic (exact) mass is 303 g/mol. The highest BCUT2D eigenvalue weighted by Crippen LogP contribution is 2.20. The Balaban J connectivity index is 1.92. The van der Waals surface area contributed by atoms with Crippen LogP contribution in [0.5, 0.6) is 0 Å². The zero-order valence-electron chi connectivity index (χ0n) is 10.9. The molecule has 0 spiro atoms. The van der Waals surface area contributed by atoms with Crippen LogP contribution in [0.25, 0.3) is 0 Å². The third-order valence-electron chi connectivity index (χ3n) is 2.57. The van der Waals surface area contributed by atoms with Crippen LogP contribution < -0.4 is 5.32 Å². The molecule has 2 aromatic rings. The molecule has 0 heterocycles. The van der Waals surface area contributed by atoms with E-state index in [1.165, 1.54) is 6.07 Å². The fourth-order valence-corrected chi connectivity index (χ4v) is 2.32. The quantitative estimate of drug-likeness (QED) is 0.689. The highest BCUT2D eigenvalue weighted by molar-refractivity contribution is 8.00. The first-order valence-electron chi connectivity index (χ1n) is 6.03. The fraction of sp³-hybridized carbons (Fsp3) is 0.0625. The van der Waals surface area contributed by atoms with Gasteiger partial charge in [0.25, 0.3) is 0 Å². The van der Waals surface area contributed by atoms with E-state index in [4.69, 9.17) is 6.42 Å². The van der Waals surface area contributed by atoms with Crippen molar-refractivity contribution >= 4 is 23.4 Å². The van der Waals surface area contributed by atoms with Gasteiger partial charge >= 0.3 is 0 Å². The van der Waals surface area contributed by atoms with E-state index in [0.717, 1.165) is 23.9 Å². The number of halogens is 2. The summed E-state index contributed by atoms with van der Waals surface area (Å²) in [5.74, 6) is 0.478. The van der Waals surface area contributed by atoms with Crippen molar-refractivity contribution in [1.82, 2.24) is 0 Å². The van der Waals surface area contributed by atoms with Gasteiger partial charge in [0.05, 0.1) is 5.75 Å². The molecule has 0 aromatic heterocycles. The first kappa shape index (κ1) is 15.1. The zero-order chi connectivity index (χ0) is 15.2. The van der Waals surface area contributed by atoms with E-state index in [-0.39, 0.29) is 11.7 Å². The third kappa shape index (κ3) is 4.33. The van der Waals surface area contributed by atoms with Crippen molar-refractivity contribution in [1.29, 1.82) is 0 Å². The van der Waals surface area contributed by atoms with Gasteiger partial charge in [-0.15, -0.1) is 18.2 Å². The van der Waals surface area contributed by atoms with Crippen LogP contribution in [0.15, 0.2) is 47.4 Å². The number of hydrogen-bond donors (Lipinski definition) is 1. The van der Waals surface area contributed by atoms with Gasteiger partial charge in [-0.3, -0.25) is 4.79 Å². The van der Waals surface area contributed by atoms with E-state index >= 15 is 0 Å². The summed E-state index contributed by atoms with van der Waals surface area (Å²) >= 11 is 1.12. The molecule has 0 unspecified atom stereocenters. The predicted molar refractivity (Wildman–Crippen MR) is 80.1 cm³/mol. The summed E-state index contributed by atoms with van der Waals surface area (Å²) in [6.45, 7) is 0. The average Bonchev–Trinajstić information content (AvgIpc) is 2.48. The number of thioether (sulfide) groups is 1. The van der Waals surface area contributed by atoms with Crippen LogP contribution in [0.1, 0.15) is 5.56 Å². The lowest BCUT2D eigenvalue weighted by molar-refractivity contribution is -0.113. The Morgan fingerprint density at radius 2 is 2.00 bits per heavy atom. The van der Waals surface area contributed by atoms with Crippen molar-refractivity contribution in [2.45, 2.75) is 4.90 Å². The second kappa shape index (κ2) is 6.91. The Bertz CT molecular complexity index is 710. The van der Waals surface area contributed by atoms with Crippen LogP contribution in [-0.4, -0.2) is 11.7 Å². The molecule has 5 heteroatoms.